The van der Waals surface area contributed by atoms with Gasteiger partial charge >= 0.3 is 0 Å². The first-order chi connectivity index (χ1) is 15.0. The molecule has 6 nitrogen and oxygen atoms in total. The molecule has 176 valence electrons. The van der Waals surface area contributed by atoms with Gasteiger partial charge in [-0.1, -0.05) is 37.6 Å². The lowest BCUT2D eigenvalue weighted by Gasteiger charge is -2.14. The Morgan fingerprint density at radius 3 is 2.56 bits per heavy atom. The quantitative estimate of drug-likeness (QED) is 0.274. The van der Waals surface area contributed by atoms with Gasteiger partial charge in [-0.2, -0.15) is 0 Å². The molecule has 0 aliphatic carbocycles. The van der Waals surface area contributed by atoms with Crippen molar-refractivity contribution in [2.24, 2.45) is 10.7 Å². The minimum atomic E-state index is -0.286. The van der Waals surface area contributed by atoms with Crippen LogP contribution in [0.25, 0.3) is 11.1 Å². The molecule has 8 heteroatoms. The van der Waals surface area contributed by atoms with Crippen molar-refractivity contribution in [3.05, 3.63) is 53.8 Å². The van der Waals surface area contributed by atoms with Gasteiger partial charge in [0.15, 0.2) is 5.96 Å². The van der Waals surface area contributed by atoms with Gasteiger partial charge in [0.05, 0.1) is 6.61 Å². The molecule has 2 aromatic carbocycles. The van der Waals surface area contributed by atoms with Crippen LogP contribution >= 0.6 is 12.4 Å². The van der Waals surface area contributed by atoms with E-state index in [-0.39, 0.29) is 36.5 Å². The Bertz CT molecular complexity index is 860. The number of nitrogens with two attached hydrogens (primary N) is 1. The molecular weight excluding hydrogens is 433 g/mol. The Morgan fingerprint density at radius 1 is 1.12 bits per heavy atom. The van der Waals surface area contributed by atoms with Gasteiger partial charge in [0.2, 0.25) is 5.91 Å². The Kier molecular flexibility index (Phi) is 13.0. The van der Waals surface area contributed by atoms with Crippen LogP contribution in [0.15, 0.2) is 47.5 Å². The lowest BCUT2D eigenvalue weighted by atomic mass is 10.0. The van der Waals surface area contributed by atoms with Crippen molar-refractivity contribution in [1.82, 2.24) is 5.32 Å². The van der Waals surface area contributed by atoms with Crippen LogP contribution in [-0.2, 0) is 16.0 Å². The van der Waals surface area contributed by atoms with Crippen molar-refractivity contribution in [3.63, 3.8) is 0 Å². The molecule has 32 heavy (non-hydrogen) atoms. The first-order valence-electron chi connectivity index (χ1n) is 10.6. The van der Waals surface area contributed by atoms with Crippen LogP contribution in [0, 0.1) is 5.82 Å². The summed E-state index contributed by atoms with van der Waals surface area (Å²) in [5, 5.41) is 2.62. The number of carbonyl (C=O) groups excluding carboxylic acids is 1. The molecule has 0 bridgehead atoms. The van der Waals surface area contributed by atoms with E-state index in [2.05, 4.69) is 17.2 Å². The van der Waals surface area contributed by atoms with E-state index < -0.39 is 0 Å². The second-order valence-corrected chi connectivity index (χ2v) is 7.20. The van der Waals surface area contributed by atoms with Crippen LogP contribution in [-0.4, -0.2) is 38.7 Å². The monoisotopic (exact) mass is 465 g/mol. The molecule has 0 aliphatic heterocycles. The number of nitrogens with zero attached hydrogens (tertiary/aromatic N) is 1. The highest BCUT2D eigenvalue weighted by atomic mass is 35.5. The molecule has 0 atom stereocenters. The van der Waals surface area contributed by atoms with E-state index in [0.717, 1.165) is 36.0 Å². The van der Waals surface area contributed by atoms with Crippen LogP contribution in [0.3, 0.4) is 0 Å². The zero-order chi connectivity index (χ0) is 22.5. The average Bonchev–Trinajstić information content (AvgIpc) is 2.76. The molecule has 0 unspecified atom stereocenters. The first-order valence-corrected chi connectivity index (χ1v) is 10.6. The Labute approximate surface area is 195 Å². The molecular formula is C24H33ClFN3O3. The predicted molar refractivity (Wildman–Crippen MR) is 129 cm³/mol. The standard InChI is InChI=1S/C24H32FN3O3.ClH/c1-3-4-14-27-24(26)28-23(29)13-7-18-6-12-21(19-8-10-20(25)11-9-19)22(17-18)31-16-5-15-30-2;/h6,8-12,17H,3-5,7,13-16H2,1-2H3,(H3,26,27,28,29);1H. The van der Waals surface area contributed by atoms with Crippen molar-refractivity contribution in [2.45, 2.75) is 39.0 Å². The summed E-state index contributed by atoms with van der Waals surface area (Å²) >= 11 is 0. The van der Waals surface area contributed by atoms with Crippen LogP contribution in [0.5, 0.6) is 5.75 Å². The maximum absolute atomic E-state index is 13.3. The predicted octanol–water partition coefficient (Wildman–Crippen LogP) is 4.49. The summed E-state index contributed by atoms with van der Waals surface area (Å²) in [7, 11) is 1.65. The third kappa shape index (κ3) is 9.66. The van der Waals surface area contributed by atoms with Crippen molar-refractivity contribution in [1.29, 1.82) is 0 Å². The summed E-state index contributed by atoms with van der Waals surface area (Å²) in [5.74, 6) is 0.392. The number of hydrogen-bond donors (Lipinski definition) is 2. The number of guanidine groups is 1. The number of nitrogens with one attached hydrogen (secondary N) is 1. The average molecular weight is 466 g/mol. The van der Waals surface area contributed by atoms with Gasteiger partial charge in [-0.25, -0.2) is 4.39 Å². The molecule has 0 aliphatic rings. The number of unbranched alkanes of at least 4 members (excludes halogenated alkanes) is 1. The lowest BCUT2D eigenvalue weighted by Crippen LogP contribution is -2.37. The summed E-state index contributed by atoms with van der Waals surface area (Å²) in [5.41, 5.74) is 8.44. The largest absolute Gasteiger partial charge is 0.493 e. The maximum Gasteiger partial charge on any atom is 0.226 e. The minimum absolute atomic E-state index is 0. The minimum Gasteiger partial charge on any atom is -0.493 e. The number of halogens is 2. The Morgan fingerprint density at radius 2 is 1.88 bits per heavy atom. The second kappa shape index (κ2) is 15.2. The number of rotatable bonds is 12. The Hall–Kier alpha value is -2.64. The molecule has 0 heterocycles. The fourth-order valence-corrected chi connectivity index (χ4v) is 2.96. The lowest BCUT2D eigenvalue weighted by molar-refractivity contribution is -0.119. The van der Waals surface area contributed by atoms with Crippen LogP contribution < -0.4 is 15.8 Å². The number of carbonyl (C=O) groups is 1. The highest BCUT2D eigenvalue weighted by Gasteiger charge is 2.10. The molecule has 0 aromatic heterocycles. The van der Waals surface area contributed by atoms with Crippen LogP contribution in [0.2, 0.25) is 0 Å². The van der Waals surface area contributed by atoms with Gasteiger partial charge in [0.1, 0.15) is 11.6 Å². The molecule has 1 amide bonds. The molecule has 0 saturated heterocycles. The Balaban J connectivity index is 0.00000512. The van der Waals surface area contributed by atoms with Crippen molar-refractivity contribution >= 4 is 24.3 Å². The summed E-state index contributed by atoms with van der Waals surface area (Å²) in [4.78, 5) is 16.3. The highest BCUT2D eigenvalue weighted by Crippen LogP contribution is 2.31. The maximum atomic E-state index is 13.3. The van der Waals surface area contributed by atoms with Gasteiger partial charge in [0.25, 0.3) is 0 Å². The summed E-state index contributed by atoms with van der Waals surface area (Å²) < 4.78 is 24.4. The van der Waals surface area contributed by atoms with E-state index >= 15 is 0 Å². The topological polar surface area (TPSA) is 85.9 Å². The zero-order valence-corrected chi connectivity index (χ0v) is 19.6. The molecule has 0 fully saturated rings. The fraction of sp³-hybridized carbons (Fsp3) is 0.417. The van der Waals surface area contributed by atoms with Crippen LogP contribution in [0.4, 0.5) is 4.39 Å². The second-order valence-electron chi connectivity index (χ2n) is 7.20. The number of benzene rings is 2. The number of amides is 1. The van der Waals surface area contributed by atoms with Crippen molar-refractivity contribution in [3.8, 4) is 16.9 Å². The molecule has 0 radical (unpaired) electrons. The van der Waals surface area contributed by atoms with E-state index in [4.69, 9.17) is 15.2 Å². The number of aliphatic imine (C=N–C) groups is 1. The third-order valence-electron chi connectivity index (χ3n) is 4.65. The normalized spacial score (nSPS) is 11.0. The molecule has 0 saturated carbocycles. The van der Waals surface area contributed by atoms with Crippen LogP contribution in [0.1, 0.15) is 38.2 Å². The zero-order valence-electron chi connectivity index (χ0n) is 18.7. The number of ether oxygens (including phenoxy) is 2. The number of hydrogen-bond acceptors (Lipinski definition) is 4. The molecule has 3 N–H and O–H groups in total. The van der Waals surface area contributed by atoms with Gasteiger partial charge in [0, 0.05) is 38.7 Å². The smallest absolute Gasteiger partial charge is 0.226 e. The van der Waals surface area contributed by atoms with Gasteiger partial charge < -0.3 is 15.2 Å². The van der Waals surface area contributed by atoms with E-state index in [1.165, 1.54) is 12.1 Å². The molecule has 2 aromatic rings. The van der Waals surface area contributed by atoms with Gasteiger partial charge in [-0.15, -0.1) is 12.4 Å². The molecule has 2 rings (SSSR count). The van der Waals surface area contributed by atoms with E-state index in [0.29, 0.717) is 31.9 Å². The van der Waals surface area contributed by atoms with E-state index in [1.807, 2.05) is 18.2 Å². The van der Waals surface area contributed by atoms with Crippen molar-refractivity contribution < 1.29 is 18.7 Å². The summed E-state index contributed by atoms with van der Waals surface area (Å²) in [6.45, 7) is 3.78. The molecule has 0 spiro atoms. The van der Waals surface area contributed by atoms with Crippen molar-refractivity contribution in [2.75, 3.05) is 26.9 Å². The highest BCUT2D eigenvalue weighted by molar-refractivity contribution is 5.96. The fourth-order valence-electron chi connectivity index (χ4n) is 2.96. The summed E-state index contributed by atoms with van der Waals surface area (Å²) in [6.07, 6.45) is 3.52. The van der Waals surface area contributed by atoms with Gasteiger partial charge in [-0.05, 0) is 42.2 Å². The first kappa shape index (κ1) is 27.4. The number of aryl methyl sites for hydroxylation is 1. The SMILES string of the molecule is CCCCN=C(N)NC(=O)CCc1ccc(-c2ccc(F)cc2)c(OCCCOC)c1.Cl. The summed E-state index contributed by atoms with van der Waals surface area (Å²) in [6, 6.07) is 12.1. The van der Waals surface area contributed by atoms with E-state index in [9.17, 15) is 9.18 Å². The third-order valence-corrected chi connectivity index (χ3v) is 4.65. The van der Waals surface area contributed by atoms with Gasteiger partial charge in [-0.3, -0.25) is 15.1 Å². The van der Waals surface area contributed by atoms with E-state index in [1.54, 1.807) is 19.2 Å². The number of methoxy groups -OCH3 is 1.